The molecule has 0 saturated heterocycles. The van der Waals surface area contributed by atoms with Crippen molar-refractivity contribution in [3.05, 3.63) is 65.7 Å². The molecule has 7 nitrogen and oxygen atoms in total. The third-order valence-electron chi connectivity index (χ3n) is 3.41. The van der Waals surface area contributed by atoms with Crippen LogP contribution in [0.25, 0.3) is 0 Å². The van der Waals surface area contributed by atoms with E-state index in [1.54, 1.807) is 35.8 Å². The highest BCUT2D eigenvalue weighted by molar-refractivity contribution is 7.92. The second kappa shape index (κ2) is 7.54. The van der Waals surface area contributed by atoms with E-state index in [1.165, 1.54) is 42.7 Å². The van der Waals surface area contributed by atoms with Crippen LogP contribution in [0.1, 0.15) is 10.4 Å². The molecule has 0 aliphatic carbocycles. The number of para-hydroxylation sites is 2. The Balaban J connectivity index is 1.85. The summed E-state index contributed by atoms with van der Waals surface area (Å²) in [7, 11) is -2.43. The van der Waals surface area contributed by atoms with Crippen molar-refractivity contribution in [2.24, 2.45) is 0 Å². The first-order valence-electron chi connectivity index (χ1n) is 7.46. The molecular formula is C17H15N3O4S2. The van der Waals surface area contributed by atoms with E-state index in [-0.39, 0.29) is 10.5 Å². The number of nitrogens with one attached hydrogen (secondary N) is 2. The molecule has 0 radical (unpaired) electrons. The van der Waals surface area contributed by atoms with Gasteiger partial charge in [0, 0.05) is 17.1 Å². The molecule has 2 aromatic carbocycles. The Morgan fingerprint density at radius 3 is 2.69 bits per heavy atom. The Morgan fingerprint density at radius 2 is 1.96 bits per heavy atom. The minimum absolute atomic E-state index is 0.0322. The summed E-state index contributed by atoms with van der Waals surface area (Å²) < 4.78 is 32.9. The smallest absolute Gasteiger partial charge is 0.262 e. The van der Waals surface area contributed by atoms with Gasteiger partial charge in [0.15, 0.2) is 5.13 Å². The maximum Gasteiger partial charge on any atom is 0.262 e. The van der Waals surface area contributed by atoms with Crippen molar-refractivity contribution in [2.75, 3.05) is 17.1 Å². The largest absolute Gasteiger partial charge is 0.495 e. The molecule has 0 spiro atoms. The number of carbonyl (C=O) groups excluding carboxylic acids is 1. The van der Waals surface area contributed by atoms with Crippen molar-refractivity contribution in [1.29, 1.82) is 0 Å². The van der Waals surface area contributed by atoms with Crippen molar-refractivity contribution in [3.8, 4) is 5.75 Å². The normalized spacial score (nSPS) is 11.0. The summed E-state index contributed by atoms with van der Waals surface area (Å²) in [6.45, 7) is 0. The van der Waals surface area contributed by atoms with E-state index in [4.69, 9.17) is 4.74 Å². The van der Waals surface area contributed by atoms with E-state index in [0.29, 0.717) is 16.6 Å². The SMILES string of the molecule is COc1ccccc1NS(=O)(=O)c1cccc(C(=O)Nc2nccs2)c1. The molecule has 3 aromatic rings. The van der Waals surface area contributed by atoms with Gasteiger partial charge in [0.25, 0.3) is 15.9 Å². The minimum atomic E-state index is -3.89. The summed E-state index contributed by atoms with van der Waals surface area (Å²) >= 11 is 1.27. The minimum Gasteiger partial charge on any atom is -0.495 e. The van der Waals surface area contributed by atoms with Crippen LogP contribution in [-0.4, -0.2) is 26.4 Å². The van der Waals surface area contributed by atoms with Gasteiger partial charge in [-0.1, -0.05) is 18.2 Å². The second-order valence-corrected chi connectivity index (χ2v) is 7.70. The zero-order chi connectivity index (χ0) is 18.6. The molecule has 0 atom stereocenters. The summed E-state index contributed by atoms with van der Waals surface area (Å²) in [4.78, 5) is 16.2. The molecular weight excluding hydrogens is 374 g/mol. The van der Waals surface area contributed by atoms with Crippen LogP contribution in [0.4, 0.5) is 10.8 Å². The quantitative estimate of drug-likeness (QED) is 0.675. The van der Waals surface area contributed by atoms with Gasteiger partial charge in [-0.2, -0.15) is 0 Å². The number of aromatic nitrogens is 1. The molecule has 3 rings (SSSR count). The van der Waals surface area contributed by atoms with Crippen LogP contribution in [0.15, 0.2) is 65.0 Å². The van der Waals surface area contributed by atoms with Gasteiger partial charge in [-0.25, -0.2) is 13.4 Å². The Morgan fingerprint density at radius 1 is 1.15 bits per heavy atom. The first-order valence-corrected chi connectivity index (χ1v) is 9.82. The molecule has 2 N–H and O–H groups in total. The summed E-state index contributed by atoms with van der Waals surface area (Å²) in [5, 5.41) is 4.79. The van der Waals surface area contributed by atoms with Crippen LogP contribution in [0, 0.1) is 0 Å². The second-order valence-electron chi connectivity index (χ2n) is 5.12. The van der Waals surface area contributed by atoms with Crippen molar-refractivity contribution in [1.82, 2.24) is 4.98 Å². The van der Waals surface area contributed by atoms with E-state index in [0.717, 1.165) is 0 Å². The van der Waals surface area contributed by atoms with Gasteiger partial charge in [-0.05, 0) is 30.3 Å². The Labute approximate surface area is 154 Å². The Kier molecular flexibility index (Phi) is 5.19. The van der Waals surface area contributed by atoms with Crippen molar-refractivity contribution >= 4 is 38.1 Å². The van der Waals surface area contributed by atoms with Gasteiger partial charge < -0.3 is 4.74 Å². The molecule has 1 amide bonds. The summed E-state index contributed by atoms with van der Waals surface area (Å²) in [6, 6.07) is 12.4. The van der Waals surface area contributed by atoms with Gasteiger partial charge in [0.05, 0.1) is 17.7 Å². The molecule has 134 valence electrons. The lowest BCUT2D eigenvalue weighted by atomic mass is 10.2. The lowest BCUT2D eigenvalue weighted by Crippen LogP contribution is -2.16. The van der Waals surface area contributed by atoms with Gasteiger partial charge in [-0.3, -0.25) is 14.8 Å². The third kappa shape index (κ3) is 4.01. The number of thiazole rings is 1. The van der Waals surface area contributed by atoms with E-state index in [9.17, 15) is 13.2 Å². The van der Waals surface area contributed by atoms with Crippen molar-refractivity contribution in [2.45, 2.75) is 4.90 Å². The average molecular weight is 389 g/mol. The predicted octanol–water partition coefficient (Wildman–Crippen LogP) is 3.20. The number of carbonyl (C=O) groups is 1. The van der Waals surface area contributed by atoms with Crippen LogP contribution >= 0.6 is 11.3 Å². The maximum absolute atomic E-state index is 12.7. The molecule has 26 heavy (non-hydrogen) atoms. The molecule has 1 aromatic heterocycles. The number of rotatable bonds is 6. The van der Waals surface area contributed by atoms with Gasteiger partial charge in [-0.15, -0.1) is 11.3 Å². The number of amides is 1. The summed E-state index contributed by atoms with van der Waals surface area (Å²) in [5.74, 6) is -0.0389. The number of hydrogen-bond donors (Lipinski definition) is 2. The van der Waals surface area contributed by atoms with E-state index in [2.05, 4.69) is 15.0 Å². The number of sulfonamides is 1. The van der Waals surface area contributed by atoms with Gasteiger partial charge in [0.2, 0.25) is 0 Å². The monoisotopic (exact) mass is 389 g/mol. The van der Waals surface area contributed by atoms with Crippen LogP contribution < -0.4 is 14.8 Å². The fraction of sp³-hybridized carbons (Fsp3) is 0.0588. The van der Waals surface area contributed by atoms with Crippen LogP contribution in [-0.2, 0) is 10.0 Å². The summed E-state index contributed by atoms with van der Waals surface area (Å²) in [5.41, 5.74) is 0.524. The lowest BCUT2D eigenvalue weighted by molar-refractivity contribution is 0.102. The number of methoxy groups -OCH3 is 1. The number of ether oxygens (including phenoxy) is 1. The zero-order valence-corrected chi connectivity index (χ0v) is 15.3. The topological polar surface area (TPSA) is 97.4 Å². The van der Waals surface area contributed by atoms with Gasteiger partial charge in [0.1, 0.15) is 5.75 Å². The molecule has 0 unspecified atom stereocenters. The maximum atomic E-state index is 12.7. The van der Waals surface area contributed by atoms with Crippen LogP contribution in [0.3, 0.4) is 0 Å². The molecule has 0 aliphatic heterocycles. The molecule has 0 saturated carbocycles. The fourth-order valence-corrected chi connectivity index (χ4v) is 3.83. The Bertz CT molecular complexity index is 1020. The summed E-state index contributed by atoms with van der Waals surface area (Å²) in [6.07, 6.45) is 1.57. The average Bonchev–Trinajstić information content (AvgIpc) is 3.15. The Hall–Kier alpha value is -2.91. The molecule has 1 heterocycles. The van der Waals surface area contributed by atoms with E-state index >= 15 is 0 Å². The van der Waals surface area contributed by atoms with Gasteiger partial charge >= 0.3 is 0 Å². The standard InChI is InChI=1S/C17H15N3O4S2/c1-24-15-8-3-2-7-14(15)20-26(22,23)13-6-4-5-12(11-13)16(21)19-17-18-9-10-25-17/h2-11,20H,1H3,(H,18,19,21). The highest BCUT2D eigenvalue weighted by atomic mass is 32.2. The fourth-order valence-electron chi connectivity index (χ4n) is 2.19. The number of nitrogens with zero attached hydrogens (tertiary/aromatic N) is 1. The van der Waals surface area contributed by atoms with Crippen molar-refractivity contribution < 1.29 is 17.9 Å². The highest BCUT2D eigenvalue weighted by Gasteiger charge is 2.18. The number of anilines is 2. The number of hydrogen-bond acceptors (Lipinski definition) is 6. The first-order chi connectivity index (χ1) is 12.5. The van der Waals surface area contributed by atoms with Crippen LogP contribution in [0.5, 0.6) is 5.75 Å². The zero-order valence-electron chi connectivity index (χ0n) is 13.7. The first kappa shape index (κ1) is 17.9. The highest BCUT2D eigenvalue weighted by Crippen LogP contribution is 2.26. The molecule has 0 bridgehead atoms. The van der Waals surface area contributed by atoms with E-state index in [1.807, 2.05) is 0 Å². The predicted molar refractivity (Wildman–Crippen MR) is 100 cm³/mol. The van der Waals surface area contributed by atoms with E-state index < -0.39 is 15.9 Å². The molecule has 0 aliphatic rings. The lowest BCUT2D eigenvalue weighted by Gasteiger charge is -2.12. The van der Waals surface area contributed by atoms with Crippen molar-refractivity contribution in [3.63, 3.8) is 0 Å². The molecule has 0 fully saturated rings. The third-order valence-corrected chi connectivity index (χ3v) is 5.46. The van der Waals surface area contributed by atoms with Crippen LogP contribution in [0.2, 0.25) is 0 Å². The number of benzene rings is 2. The molecule has 9 heteroatoms.